The van der Waals surface area contributed by atoms with Crippen molar-refractivity contribution in [1.29, 1.82) is 0 Å². The Labute approximate surface area is 94.2 Å². The highest BCUT2D eigenvalue weighted by molar-refractivity contribution is 6.30. The minimum atomic E-state index is 0.218. The van der Waals surface area contributed by atoms with E-state index in [0.29, 0.717) is 11.0 Å². The van der Waals surface area contributed by atoms with Gasteiger partial charge in [0.2, 0.25) is 0 Å². The van der Waals surface area contributed by atoms with Gasteiger partial charge in [-0.2, -0.15) is 0 Å². The van der Waals surface area contributed by atoms with Crippen LogP contribution >= 0.6 is 11.6 Å². The topological polar surface area (TPSA) is 38.2 Å². The van der Waals surface area contributed by atoms with Crippen molar-refractivity contribution in [2.45, 2.75) is 18.9 Å². The Kier molecular flexibility index (Phi) is 3.38. The molecule has 1 saturated heterocycles. The average molecular weight is 228 g/mol. The molecule has 0 saturated carbocycles. The Bertz CT molecular complexity index is 326. The zero-order chi connectivity index (χ0) is 10.7. The lowest BCUT2D eigenvalue weighted by atomic mass is 10.1. The molecule has 4 nitrogen and oxygen atoms in total. The first-order chi connectivity index (χ1) is 7.25. The van der Waals surface area contributed by atoms with Gasteiger partial charge in [-0.25, -0.2) is 9.97 Å². The van der Waals surface area contributed by atoms with Gasteiger partial charge in [0.25, 0.3) is 5.88 Å². The van der Waals surface area contributed by atoms with E-state index in [1.165, 1.54) is 0 Å². The molecule has 1 fully saturated rings. The van der Waals surface area contributed by atoms with Crippen LogP contribution in [-0.4, -0.2) is 41.1 Å². The van der Waals surface area contributed by atoms with Crippen LogP contribution in [0.4, 0.5) is 0 Å². The first-order valence-electron chi connectivity index (χ1n) is 5.07. The molecule has 1 aromatic rings. The van der Waals surface area contributed by atoms with Crippen LogP contribution in [0.1, 0.15) is 12.8 Å². The van der Waals surface area contributed by atoms with Crippen molar-refractivity contribution in [3.8, 4) is 5.88 Å². The van der Waals surface area contributed by atoms with Gasteiger partial charge in [-0.05, 0) is 19.9 Å². The van der Waals surface area contributed by atoms with Crippen LogP contribution < -0.4 is 4.74 Å². The molecule has 1 aromatic heterocycles. The molecule has 1 aliphatic heterocycles. The van der Waals surface area contributed by atoms with Gasteiger partial charge in [-0.3, -0.25) is 0 Å². The van der Waals surface area contributed by atoms with E-state index in [1.807, 2.05) is 0 Å². The third kappa shape index (κ3) is 2.79. The van der Waals surface area contributed by atoms with Crippen LogP contribution in [0.15, 0.2) is 12.4 Å². The molecule has 2 rings (SSSR count). The molecule has 2 heterocycles. The normalized spacial score (nSPS) is 19.1. The molecule has 15 heavy (non-hydrogen) atoms. The SMILES string of the molecule is CN1CCC(Oc2nccnc2Cl)CC1. The maximum atomic E-state index is 5.86. The molecule has 0 aliphatic carbocycles. The number of rotatable bonds is 2. The molecule has 0 aromatic carbocycles. The maximum Gasteiger partial charge on any atom is 0.252 e. The first-order valence-corrected chi connectivity index (χ1v) is 5.45. The third-order valence-corrected chi connectivity index (χ3v) is 2.83. The van der Waals surface area contributed by atoms with E-state index >= 15 is 0 Å². The second kappa shape index (κ2) is 4.77. The number of piperidine rings is 1. The molecule has 0 amide bonds. The van der Waals surface area contributed by atoms with E-state index in [2.05, 4.69) is 21.9 Å². The van der Waals surface area contributed by atoms with Crippen molar-refractivity contribution >= 4 is 11.6 Å². The van der Waals surface area contributed by atoms with Crippen LogP contribution in [0.5, 0.6) is 5.88 Å². The van der Waals surface area contributed by atoms with Crippen LogP contribution in [0.2, 0.25) is 5.15 Å². The summed E-state index contributed by atoms with van der Waals surface area (Å²) in [5, 5.41) is 0.344. The zero-order valence-electron chi connectivity index (χ0n) is 8.69. The lowest BCUT2D eigenvalue weighted by Gasteiger charge is -2.28. The van der Waals surface area contributed by atoms with Crippen LogP contribution in [0.3, 0.4) is 0 Å². The molecular formula is C10H14ClN3O. The summed E-state index contributed by atoms with van der Waals surface area (Å²) in [5.41, 5.74) is 0. The number of ether oxygens (including phenoxy) is 1. The smallest absolute Gasteiger partial charge is 0.252 e. The predicted octanol–water partition coefficient (Wildman–Crippen LogP) is 1.60. The molecule has 0 bridgehead atoms. The Balaban J connectivity index is 1.95. The van der Waals surface area contributed by atoms with Gasteiger partial charge in [0.1, 0.15) is 6.10 Å². The Morgan fingerprint density at radius 3 is 2.67 bits per heavy atom. The summed E-state index contributed by atoms with van der Waals surface area (Å²) >= 11 is 5.86. The minimum absolute atomic E-state index is 0.218. The Morgan fingerprint density at radius 1 is 1.33 bits per heavy atom. The van der Waals surface area contributed by atoms with Crippen LogP contribution in [-0.2, 0) is 0 Å². The quantitative estimate of drug-likeness (QED) is 0.770. The molecule has 0 unspecified atom stereocenters. The predicted molar refractivity (Wildman–Crippen MR) is 58.2 cm³/mol. The van der Waals surface area contributed by atoms with Crippen molar-refractivity contribution in [3.05, 3.63) is 17.5 Å². The standard InChI is InChI=1S/C10H14ClN3O/c1-14-6-2-8(3-7-14)15-10-9(11)12-4-5-13-10/h4-5,8H,2-3,6-7H2,1H3. The van der Waals surface area contributed by atoms with E-state index in [9.17, 15) is 0 Å². The van der Waals surface area contributed by atoms with E-state index in [1.54, 1.807) is 12.4 Å². The third-order valence-electron chi connectivity index (χ3n) is 2.57. The first kappa shape index (κ1) is 10.6. The van der Waals surface area contributed by atoms with Crippen molar-refractivity contribution in [3.63, 3.8) is 0 Å². The van der Waals surface area contributed by atoms with Gasteiger partial charge < -0.3 is 9.64 Å². The van der Waals surface area contributed by atoms with Crippen molar-refractivity contribution in [1.82, 2.24) is 14.9 Å². The summed E-state index contributed by atoms with van der Waals surface area (Å²) < 4.78 is 5.70. The fourth-order valence-electron chi connectivity index (χ4n) is 1.65. The van der Waals surface area contributed by atoms with Crippen LogP contribution in [0, 0.1) is 0 Å². The highest BCUT2D eigenvalue weighted by Crippen LogP contribution is 2.21. The number of hydrogen-bond donors (Lipinski definition) is 0. The largest absolute Gasteiger partial charge is 0.472 e. The zero-order valence-corrected chi connectivity index (χ0v) is 9.44. The van der Waals surface area contributed by atoms with E-state index in [0.717, 1.165) is 25.9 Å². The fraction of sp³-hybridized carbons (Fsp3) is 0.600. The van der Waals surface area contributed by atoms with Gasteiger partial charge in [-0.1, -0.05) is 11.6 Å². The Hall–Kier alpha value is -0.870. The van der Waals surface area contributed by atoms with Gasteiger partial charge in [0, 0.05) is 25.5 Å². The fourth-order valence-corrected chi connectivity index (χ4v) is 1.80. The number of nitrogens with zero attached hydrogens (tertiary/aromatic N) is 3. The molecule has 0 radical (unpaired) electrons. The highest BCUT2D eigenvalue weighted by Gasteiger charge is 2.19. The lowest BCUT2D eigenvalue weighted by molar-refractivity contribution is 0.109. The molecule has 5 heteroatoms. The van der Waals surface area contributed by atoms with Gasteiger partial charge in [-0.15, -0.1) is 0 Å². The molecule has 0 spiro atoms. The second-order valence-corrected chi connectivity index (χ2v) is 4.13. The van der Waals surface area contributed by atoms with Crippen molar-refractivity contribution in [2.75, 3.05) is 20.1 Å². The average Bonchev–Trinajstić information content (AvgIpc) is 2.25. The minimum Gasteiger partial charge on any atom is -0.472 e. The Morgan fingerprint density at radius 2 is 2.00 bits per heavy atom. The summed E-state index contributed by atoms with van der Waals surface area (Å²) in [7, 11) is 2.12. The molecule has 1 aliphatic rings. The summed E-state index contributed by atoms with van der Waals surface area (Å²) in [4.78, 5) is 10.3. The highest BCUT2D eigenvalue weighted by atomic mass is 35.5. The molecule has 0 N–H and O–H groups in total. The maximum absolute atomic E-state index is 5.86. The van der Waals surface area contributed by atoms with Gasteiger partial charge in [0.05, 0.1) is 0 Å². The summed E-state index contributed by atoms with van der Waals surface area (Å²) in [6.07, 6.45) is 5.41. The summed E-state index contributed by atoms with van der Waals surface area (Å²) in [5.74, 6) is 0.453. The number of halogens is 1. The summed E-state index contributed by atoms with van der Waals surface area (Å²) in [6.45, 7) is 2.12. The number of aromatic nitrogens is 2. The molecule has 0 atom stereocenters. The van der Waals surface area contributed by atoms with E-state index in [4.69, 9.17) is 16.3 Å². The van der Waals surface area contributed by atoms with Crippen LogP contribution in [0.25, 0.3) is 0 Å². The van der Waals surface area contributed by atoms with E-state index in [-0.39, 0.29) is 6.10 Å². The van der Waals surface area contributed by atoms with Crippen molar-refractivity contribution in [2.24, 2.45) is 0 Å². The number of likely N-dealkylation sites (tertiary alicyclic amines) is 1. The summed E-state index contributed by atoms with van der Waals surface area (Å²) in [6, 6.07) is 0. The van der Waals surface area contributed by atoms with Gasteiger partial charge >= 0.3 is 0 Å². The van der Waals surface area contributed by atoms with E-state index < -0.39 is 0 Å². The number of hydrogen-bond acceptors (Lipinski definition) is 4. The second-order valence-electron chi connectivity index (χ2n) is 3.77. The lowest BCUT2D eigenvalue weighted by Crippen LogP contribution is -2.35. The van der Waals surface area contributed by atoms with Gasteiger partial charge in [0.15, 0.2) is 5.15 Å². The monoisotopic (exact) mass is 227 g/mol. The molecule has 82 valence electrons. The van der Waals surface area contributed by atoms with Crippen molar-refractivity contribution < 1.29 is 4.74 Å². The molecular weight excluding hydrogens is 214 g/mol.